The zero-order chi connectivity index (χ0) is 20.5. The van der Waals surface area contributed by atoms with Gasteiger partial charge in [0.2, 0.25) is 5.88 Å². The van der Waals surface area contributed by atoms with Crippen molar-refractivity contribution in [3.8, 4) is 17.4 Å². The molecule has 30 heavy (non-hydrogen) atoms. The summed E-state index contributed by atoms with van der Waals surface area (Å²) in [6, 6.07) is 15.4. The Hall–Kier alpha value is -2.28. The summed E-state index contributed by atoms with van der Waals surface area (Å²) in [5.41, 5.74) is 1.35. The van der Waals surface area contributed by atoms with Crippen molar-refractivity contribution in [2.45, 2.75) is 29.9 Å². The number of thiophene rings is 1. The normalized spacial score (nSPS) is 12.9. The maximum Gasteiger partial charge on any atom is 0.231 e. The molecule has 0 saturated heterocycles. The van der Waals surface area contributed by atoms with Crippen molar-refractivity contribution in [2.75, 3.05) is 7.11 Å². The number of aryl methyl sites for hydroxylation is 2. The molecule has 0 radical (unpaired) electrons. The molecule has 2 heterocycles. The molecule has 5 rings (SSSR count). The molecule has 0 aliphatic heterocycles. The van der Waals surface area contributed by atoms with Gasteiger partial charge < -0.3 is 9.47 Å². The molecule has 0 spiro atoms. The molecule has 4 nitrogen and oxygen atoms in total. The summed E-state index contributed by atoms with van der Waals surface area (Å²) in [6.07, 6.45) is 3.36. The Morgan fingerprint density at radius 1 is 1.07 bits per heavy atom. The number of ether oxygens (including phenoxy) is 2. The number of rotatable bonds is 6. The second kappa shape index (κ2) is 8.46. The maximum absolute atomic E-state index is 6.28. The molecule has 152 valence electrons. The van der Waals surface area contributed by atoms with Gasteiger partial charge in [-0.3, -0.25) is 0 Å². The first-order chi connectivity index (χ1) is 14.7. The highest BCUT2D eigenvalue weighted by Crippen LogP contribution is 2.42. The third kappa shape index (κ3) is 4.00. The Kier molecular flexibility index (Phi) is 5.54. The van der Waals surface area contributed by atoms with Crippen LogP contribution in [0.1, 0.15) is 22.7 Å². The van der Waals surface area contributed by atoms with E-state index >= 15 is 0 Å². The smallest absolute Gasteiger partial charge is 0.231 e. The molecule has 0 fully saturated rings. The highest BCUT2D eigenvalue weighted by atomic mass is 35.5. The van der Waals surface area contributed by atoms with Gasteiger partial charge in [-0.15, -0.1) is 23.1 Å². The quantitative estimate of drug-likeness (QED) is 0.295. The molecule has 4 aromatic rings. The number of aromatic nitrogens is 2. The standard InChI is InChI=1S/C23H19ClN2O2S2/c1-27-15-4-2-5-16(12-15)28-22-21-18-6-3-7-19(18)30-23(21)26-20(25-22)13-29-17-10-8-14(24)9-11-17/h2,4-5,8-12H,3,6-7,13H2,1H3. The minimum Gasteiger partial charge on any atom is -0.497 e. The largest absolute Gasteiger partial charge is 0.497 e. The Labute approximate surface area is 188 Å². The number of hydrogen-bond acceptors (Lipinski definition) is 6. The van der Waals surface area contributed by atoms with E-state index in [0.29, 0.717) is 17.4 Å². The predicted octanol–water partition coefficient (Wildman–Crippen LogP) is 6.93. The second-order valence-corrected chi connectivity index (χ2v) is 9.57. The van der Waals surface area contributed by atoms with Crippen LogP contribution in [0.15, 0.2) is 53.4 Å². The van der Waals surface area contributed by atoms with Crippen LogP contribution in [0.3, 0.4) is 0 Å². The summed E-state index contributed by atoms with van der Waals surface area (Å²) >= 11 is 9.45. The van der Waals surface area contributed by atoms with Crippen LogP contribution in [0.25, 0.3) is 10.2 Å². The van der Waals surface area contributed by atoms with Gasteiger partial charge >= 0.3 is 0 Å². The van der Waals surface area contributed by atoms with Gasteiger partial charge in [-0.25, -0.2) is 4.98 Å². The molecule has 2 aromatic heterocycles. The number of thioether (sulfide) groups is 1. The van der Waals surface area contributed by atoms with Gasteiger partial charge in [-0.1, -0.05) is 17.7 Å². The van der Waals surface area contributed by atoms with E-state index in [4.69, 9.17) is 31.0 Å². The molecular weight excluding hydrogens is 436 g/mol. The predicted molar refractivity (Wildman–Crippen MR) is 124 cm³/mol. The molecule has 0 bridgehead atoms. The van der Waals surface area contributed by atoms with Crippen LogP contribution in [0.2, 0.25) is 5.02 Å². The molecule has 7 heteroatoms. The van der Waals surface area contributed by atoms with Crippen LogP contribution in [-0.4, -0.2) is 17.1 Å². The van der Waals surface area contributed by atoms with Crippen molar-refractivity contribution < 1.29 is 9.47 Å². The minimum atomic E-state index is 0.638. The van der Waals surface area contributed by atoms with Gasteiger partial charge in [0.25, 0.3) is 0 Å². The summed E-state index contributed by atoms with van der Waals surface area (Å²) in [5, 5.41) is 1.80. The third-order valence-electron chi connectivity index (χ3n) is 5.02. The van der Waals surface area contributed by atoms with Gasteiger partial charge in [0, 0.05) is 20.9 Å². The summed E-state index contributed by atoms with van der Waals surface area (Å²) in [5.74, 6) is 3.53. The number of fused-ring (bicyclic) bond motifs is 3. The molecule has 1 aliphatic carbocycles. The lowest BCUT2D eigenvalue weighted by Gasteiger charge is -2.10. The number of benzene rings is 2. The fraction of sp³-hybridized carbons (Fsp3) is 0.217. The average Bonchev–Trinajstić information content (AvgIpc) is 3.34. The molecule has 2 aromatic carbocycles. The van der Waals surface area contributed by atoms with E-state index in [9.17, 15) is 0 Å². The van der Waals surface area contributed by atoms with Crippen molar-refractivity contribution in [3.63, 3.8) is 0 Å². The van der Waals surface area contributed by atoms with Crippen LogP contribution in [-0.2, 0) is 18.6 Å². The summed E-state index contributed by atoms with van der Waals surface area (Å²) in [6.45, 7) is 0. The average molecular weight is 455 g/mol. The van der Waals surface area contributed by atoms with Crippen molar-refractivity contribution in [2.24, 2.45) is 0 Å². The molecular formula is C23H19ClN2O2S2. The summed E-state index contributed by atoms with van der Waals surface area (Å²) < 4.78 is 11.6. The van der Waals surface area contributed by atoms with E-state index < -0.39 is 0 Å². The molecule has 0 amide bonds. The molecule has 0 unspecified atom stereocenters. The van der Waals surface area contributed by atoms with Crippen molar-refractivity contribution >= 4 is 44.9 Å². The van der Waals surface area contributed by atoms with E-state index in [1.165, 1.54) is 16.9 Å². The molecule has 0 N–H and O–H groups in total. The van der Waals surface area contributed by atoms with E-state index in [2.05, 4.69) is 0 Å². The van der Waals surface area contributed by atoms with Gasteiger partial charge in [-0.2, -0.15) is 4.98 Å². The van der Waals surface area contributed by atoms with Gasteiger partial charge in [0.15, 0.2) is 0 Å². The molecule has 0 saturated carbocycles. The zero-order valence-corrected chi connectivity index (χ0v) is 18.7. The first kappa shape index (κ1) is 19.7. The first-order valence-corrected chi connectivity index (χ1v) is 11.9. The zero-order valence-electron chi connectivity index (χ0n) is 16.4. The first-order valence-electron chi connectivity index (χ1n) is 9.71. The Morgan fingerprint density at radius 3 is 2.73 bits per heavy atom. The fourth-order valence-electron chi connectivity index (χ4n) is 3.60. The van der Waals surface area contributed by atoms with E-state index in [1.54, 1.807) is 30.2 Å². The number of hydrogen-bond donors (Lipinski definition) is 0. The van der Waals surface area contributed by atoms with E-state index in [1.807, 2.05) is 48.5 Å². The third-order valence-corrected chi connectivity index (χ3v) is 7.46. The summed E-state index contributed by atoms with van der Waals surface area (Å²) in [7, 11) is 1.65. The second-order valence-electron chi connectivity index (χ2n) is 7.01. The van der Waals surface area contributed by atoms with Crippen LogP contribution in [0, 0.1) is 0 Å². The van der Waals surface area contributed by atoms with Crippen LogP contribution in [0.4, 0.5) is 0 Å². The van der Waals surface area contributed by atoms with Crippen molar-refractivity contribution in [1.82, 2.24) is 9.97 Å². The lowest BCUT2D eigenvalue weighted by atomic mass is 10.2. The number of methoxy groups -OCH3 is 1. The highest BCUT2D eigenvalue weighted by Gasteiger charge is 2.23. The highest BCUT2D eigenvalue weighted by molar-refractivity contribution is 7.98. The Bertz CT molecular complexity index is 1210. The lowest BCUT2D eigenvalue weighted by Crippen LogP contribution is -1.98. The van der Waals surface area contributed by atoms with Crippen molar-refractivity contribution in [1.29, 1.82) is 0 Å². The number of nitrogens with zero attached hydrogens (tertiary/aromatic N) is 2. The van der Waals surface area contributed by atoms with E-state index in [0.717, 1.165) is 44.6 Å². The Morgan fingerprint density at radius 2 is 1.90 bits per heavy atom. The Balaban J connectivity index is 1.50. The SMILES string of the molecule is COc1cccc(Oc2nc(CSc3ccc(Cl)cc3)nc3sc4c(c23)CCC4)c1. The van der Waals surface area contributed by atoms with Crippen LogP contribution >= 0.6 is 34.7 Å². The number of halogens is 1. The van der Waals surface area contributed by atoms with Gasteiger partial charge in [-0.05, 0) is 61.2 Å². The minimum absolute atomic E-state index is 0.638. The van der Waals surface area contributed by atoms with Crippen molar-refractivity contribution in [3.05, 3.63) is 69.8 Å². The topological polar surface area (TPSA) is 44.2 Å². The van der Waals surface area contributed by atoms with Gasteiger partial charge in [0.1, 0.15) is 22.2 Å². The monoisotopic (exact) mass is 454 g/mol. The molecule has 1 aliphatic rings. The fourth-order valence-corrected chi connectivity index (χ4v) is 5.75. The van der Waals surface area contributed by atoms with Gasteiger partial charge in [0.05, 0.1) is 18.2 Å². The van der Waals surface area contributed by atoms with Crippen LogP contribution in [0.5, 0.6) is 17.4 Å². The van der Waals surface area contributed by atoms with Crippen LogP contribution < -0.4 is 9.47 Å². The van der Waals surface area contributed by atoms with E-state index in [-0.39, 0.29) is 0 Å². The molecule has 0 atom stereocenters. The summed E-state index contributed by atoms with van der Waals surface area (Å²) in [4.78, 5) is 13.2. The maximum atomic E-state index is 6.28. The lowest BCUT2D eigenvalue weighted by molar-refractivity contribution is 0.408.